The maximum absolute atomic E-state index is 11.9. The van der Waals surface area contributed by atoms with Crippen LogP contribution in [0.1, 0.15) is 23.4 Å². The summed E-state index contributed by atoms with van der Waals surface area (Å²) >= 11 is 0. The molecule has 0 atom stereocenters. The quantitative estimate of drug-likeness (QED) is 0.747. The first-order chi connectivity index (χ1) is 11.7. The van der Waals surface area contributed by atoms with Gasteiger partial charge in [-0.1, -0.05) is 17.3 Å². The lowest BCUT2D eigenvalue weighted by Gasteiger charge is -2.04. The predicted octanol–water partition coefficient (Wildman–Crippen LogP) is 2.45. The van der Waals surface area contributed by atoms with Gasteiger partial charge in [-0.3, -0.25) is 4.79 Å². The molecule has 0 aliphatic heterocycles. The average Bonchev–Trinajstić information content (AvgIpc) is 3.29. The van der Waals surface area contributed by atoms with Gasteiger partial charge in [-0.2, -0.15) is 10.2 Å². The molecule has 0 aliphatic carbocycles. The molecule has 1 amide bonds. The van der Waals surface area contributed by atoms with Crippen molar-refractivity contribution in [1.29, 1.82) is 5.26 Å². The van der Waals surface area contributed by atoms with Gasteiger partial charge in [0.1, 0.15) is 0 Å². The van der Waals surface area contributed by atoms with Crippen molar-refractivity contribution in [2.75, 3.05) is 0 Å². The number of furan rings is 1. The first kappa shape index (κ1) is 15.5. The minimum atomic E-state index is -0.130. The van der Waals surface area contributed by atoms with Gasteiger partial charge >= 0.3 is 0 Å². The zero-order valence-electron chi connectivity index (χ0n) is 12.7. The highest BCUT2D eigenvalue weighted by Crippen LogP contribution is 2.16. The van der Waals surface area contributed by atoms with Gasteiger partial charge in [-0.15, -0.1) is 0 Å². The van der Waals surface area contributed by atoms with Crippen molar-refractivity contribution in [2.24, 2.45) is 0 Å². The second kappa shape index (κ2) is 7.24. The maximum Gasteiger partial charge on any atom is 0.238 e. The van der Waals surface area contributed by atoms with Crippen LogP contribution >= 0.6 is 0 Å². The van der Waals surface area contributed by atoms with Crippen LogP contribution in [0, 0.1) is 11.3 Å². The Labute approximate surface area is 137 Å². The van der Waals surface area contributed by atoms with Crippen molar-refractivity contribution in [3.63, 3.8) is 0 Å². The highest BCUT2D eigenvalue weighted by atomic mass is 16.5. The van der Waals surface area contributed by atoms with Gasteiger partial charge in [-0.25, -0.2) is 0 Å². The molecule has 1 aromatic carbocycles. The van der Waals surface area contributed by atoms with Crippen LogP contribution < -0.4 is 5.32 Å². The summed E-state index contributed by atoms with van der Waals surface area (Å²) in [6.07, 6.45) is 2.11. The van der Waals surface area contributed by atoms with E-state index in [0.717, 1.165) is 5.56 Å². The summed E-state index contributed by atoms with van der Waals surface area (Å²) in [6.45, 7) is 0.371. The SMILES string of the molecule is N#Cc1cccc(CNC(=O)CCc2nc(-c3ccco3)no2)c1. The molecule has 0 saturated carbocycles. The molecule has 0 saturated heterocycles. The number of carbonyl (C=O) groups is 1. The van der Waals surface area contributed by atoms with Gasteiger partial charge in [0.25, 0.3) is 0 Å². The van der Waals surface area contributed by atoms with Crippen LogP contribution in [-0.4, -0.2) is 16.0 Å². The molecule has 0 bridgehead atoms. The van der Waals surface area contributed by atoms with Crippen molar-refractivity contribution in [3.8, 4) is 17.7 Å². The van der Waals surface area contributed by atoms with E-state index in [4.69, 9.17) is 14.2 Å². The Balaban J connectivity index is 1.48. The predicted molar refractivity (Wildman–Crippen MR) is 83.3 cm³/mol. The Hall–Kier alpha value is -3.40. The van der Waals surface area contributed by atoms with Crippen LogP contribution in [0.2, 0.25) is 0 Å². The van der Waals surface area contributed by atoms with E-state index in [-0.39, 0.29) is 12.3 Å². The largest absolute Gasteiger partial charge is 0.461 e. The zero-order valence-corrected chi connectivity index (χ0v) is 12.7. The van der Waals surface area contributed by atoms with Gasteiger partial charge in [0.05, 0.1) is 17.9 Å². The van der Waals surface area contributed by atoms with E-state index in [1.54, 1.807) is 30.3 Å². The smallest absolute Gasteiger partial charge is 0.238 e. The Morgan fingerprint density at radius 3 is 3.00 bits per heavy atom. The maximum atomic E-state index is 11.9. The van der Waals surface area contributed by atoms with E-state index in [0.29, 0.717) is 36.0 Å². The molecule has 2 aromatic heterocycles. The molecule has 0 radical (unpaired) electrons. The minimum Gasteiger partial charge on any atom is -0.461 e. The first-order valence-corrected chi connectivity index (χ1v) is 7.37. The number of hydrogen-bond donors (Lipinski definition) is 1. The Bertz CT molecular complexity index is 862. The van der Waals surface area contributed by atoms with E-state index in [1.165, 1.54) is 6.26 Å². The topological polar surface area (TPSA) is 105 Å². The third-order valence-corrected chi connectivity index (χ3v) is 3.32. The minimum absolute atomic E-state index is 0.130. The van der Waals surface area contributed by atoms with Crippen molar-refractivity contribution in [3.05, 3.63) is 59.7 Å². The van der Waals surface area contributed by atoms with Crippen LogP contribution in [-0.2, 0) is 17.8 Å². The third-order valence-electron chi connectivity index (χ3n) is 3.32. The molecular weight excluding hydrogens is 308 g/mol. The van der Waals surface area contributed by atoms with Crippen LogP contribution in [0.15, 0.2) is 51.6 Å². The van der Waals surface area contributed by atoms with E-state index in [2.05, 4.69) is 21.5 Å². The number of nitrogens with zero attached hydrogens (tertiary/aromatic N) is 3. The molecule has 3 aromatic rings. The van der Waals surface area contributed by atoms with Gasteiger partial charge in [-0.05, 0) is 29.8 Å². The van der Waals surface area contributed by atoms with Crippen LogP contribution in [0.25, 0.3) is 11.6 Å². The second-order valence-electron chi connectivity index (χ2n) is 5.08. The third kappa shape index (κ3) is 3.87. The zero-order chi connectivity index (χ0) is 16.8. The summed E-state index contributed by atoms with van der Waals surface area (Å²) in [5.74, 6) is 1.13. The number of amides is 1. The summed E-state index contributed by atoms with van der Waals surface area (Å²) in [5, 5.41) is 15.5. The fourth-order valence-electron chi connectivity index (χ4n) is 2.12. The van der Waals surface area contributed by atoms with Gasteiger partial charge in [0.15, 0.2) is 5.76 Å². The Morgan fingerprint density at radius 1 is 1.29 bits per heavy atom. The lowest BCUT2D eigenvalue weighted by molar-refractivity contribution is -0.121. The van der Waals surface area contributed by atoms with Crippen LogP contribution in [0.3, 0.4) is 0 Å². The molecule has 0 fully saturated rings. The van der Waals surface area contributed by atoms with Gasteiger partial charge in [0, 0.05) is 19.4 Å². The van der Waals surface area contributed by atoms with E-state index < -0.39 is 0 Å². The summed E-state index contributed by atoms with van der Waals surface area (Å²) in [4.78, 5) is 16.1. The van der Waals surface area contributed by atoms with Gasteiger partial charge < -0.3 is 14.3 Å². The number of hydrogen-bond acceptors (Lipinski definition) is 6. The lowest BCUT2D eigenvalue weighted by atomic mass is 10.1. The number of rotatable bonds is 6. The molecule has 0 unspecified atom stereocenters. The fraction of sp³-hybridized carbons (Fsp3) is 0.176. The number of carbonyl (C=O) groups excluding carboxylic acids is 1. The fourth-order valence-corrected chi connectivity index (χ4v) is 2.12. The number of nitrogens with one attached hydrogen (secondary N) is 1. The molecule has 24 heavy (non-hydrogen) atoms. The Morgan fingerprint density at radius 2 is 2.21 bits per heavy atom. The van der Waals surface area contributed by atoms with Crippen molar-refractivity contribution < 1.29 is 13.7 Å². The molecule has 1 N–H and O–H groups in total. The highest BCUT2D eigenvalue weighted by Gasteiger charge is 2.12. The molecule has 0 aliphatic rings. The van der Waals surface area contributed by atoms with Crippen LogP contribution in [0.4, 0.5) is 0 Å². The van der Waals surface area contributed by atoms with E-state index >= 15 is 0 Å². The number of aryl methyl sites for hydroxylation is 1. The van der Waals surface area contributed by atoms with E-state index in [9.17, 15) is 4.79 Å². The highest BCUT2D eigenvalue weighted by molar-refractivity contribution is 5.76. The summed E-state index contributed by atoms with van der Waals surface area (Å²) in [7, 11) is 0. The molecule has 120 valence electrons. The number of nitriles is 1. The standard InChI is InChI=1S/C17H14N4O3/c18-10-12-3-1-4-13(9-12)11-19-15(22)6-7-16-20-17(21-24-16)14-5-2-8-23-14/h1-5,8-9H,6-7,11H2,(H,19,22). The summed E-state index contributed by atoms with van der Waals surface area (Å²) < 4.78 is 10.3. The summed E-state index contributed by atoms with van der Waals surface area (Å²) in [6, 6.07) is 12.6. The van der Waals surface area contributed by atoms with Crippen LogP contribution in [0.5, 0.6) is 0 Å². The van der Waals surface area contributed by atoms with Crippen molar-refractivity contribution in [2.45, 2.75) is 19.4 Å². The average molecular weight is 322 g/mol. The number of aromatic nitrogens is 2. The van der Waals surface area contributed by atoms with Crippen molar-refractivity contribution in [1.82, 2.24) is 15.5 Å². The lowest BCUT2D eigenvalue weighted by Crippen LogP contribution is -2.23. The van der Waals surface area contributed by atoms with E-state index in [1.807, 2.05) is 6.07 Å². The molecule has 3 rings (SSSR count). The molecule has 0 spiro atoms. The monoisotopic (exact) mass is 322 g/mol. The summed E-state index contributed by atoms with van der Waals surface area (Å²) in [5.41, 5.74) is 1.44. The molecule has 2 heterocycles. The molecule has 7 heteroatoms. The molecule has 7 nitrogen and oxygen atoms in total. The molecular formula is C17H14N4O3. The normalized spacial score (nSPS) is 10.3. The van der Waals surface area contributed by atoms with Crippen molar-refractivity contribution >= 4 is 5.91 Å². The van der Waals surface area contributed by atoms with Gasteiger partial charge in [0.2, 0.25) is 17.6 Å². The number of benzene rings is 1. The Kier molecular flexibility index (Phi) is 4.68. The first-order valence-electron chi connectivity index (χ1n) is 7.37. The second-order valence-corrected chi connectivity index (χ2v) is 5.08.